The maximum atomic E-state index is 12.4. The molecule has 0 atom stereocenters. The van der Waals surface area contributed by atoms with Crippen LogP contribution in [0.1, 0.15) is 5.56 Å². The van der Waals surface area contributed by atoms with Gasteiger partial charge in [-0.15, -0.1) is 0 Å². The second kappa shape index (κ2) is 8.27. The largest absolute Gasteiger partial charge is 0.326 e. The maximum absolute atomic E-state index is 12.4. The number of amides is 1. The van der Waals surface area contributed by atoms with Crippen LogP contribution in [0.3, 0.4) is 0 Å². The number of anilines is 1. The summed E-state index contributed by atoms with van der Waals surface area (Å²) in [6, 6.07) is 31.1. The van der Waals surface area contributed by atoms with Crippen LogP contribution in [0.5, 0.6) is 0 Å². The zero-order valence-electron chi connectivity index (χ0n) is 15.2. The Morgan fingerprint density at radius 2 is 1.32 bits per heavy atom. The molecule has 4 aromatic rings. The monoisotopic (exact) mass is 365 g/mol. The van der Waals surface area contributed by atoms with E-state index >= 15 is 0 Å². The van der Waals surface area contributed by atoms with Gasteiger partial charge in [0.25, 0.3) is 0 Å². The third-order valence-electron chi connectivity index (χ3n) is 4.37. The fourth-order valence-corrected chi connectivity index (χ4v) is 2.96. The van der Waals surface area contributed by atoms with Gasteiger partial charge >= 0.3 is 0 Å². The molecule has 0 bridgehead atoms. The highest BCUT2D eigenvalue weighted by molar-refractivity contribution is 5.93. The van der Waals surface area contributed by atoms with E-state index in [2.05, 4.69) is 33.7 Å². The Bertz CT molecular complexity index is 1120. The summed E-state index contributed by atoms with van der Waals surface area (Å²) in [7, 11) is 0. The maximum Gasteiger partial charge on any atom is 0.228 e. The van der Waals surface area contributed by atoms with E-state index < -0.39 is 0 Å². The first-order valence-electron chi connectivity index (χ1n) is 9.11. The molecule has 0 aliphatic rings. The van der Waals surface area contributed by atoms with E-state index in [1.165, 1.54) is 5.39 Å². The van der Waals surface area contributed by atoms with Crippen molar-refractivity contribution < 1.29 is 4.79 Å². The van der Waals surface area contributed by atoms with Crippen LogP contribution in [-0.4, -0.2) is 5.91 Å². The van der Waals surface area contributed by atoms with Gasteiger partial charge in [0.1, 0.15) is 0 Å². The van der Waals surface area contributed by atoms with Crippen LogP contribution in [0.4, 0.5) is 17.1 Å². The van der Waals surface area contributed by atoms with Gasteiger partial charge in [-0.1, -0.05) is 60.7 Å². The summed E-state index contributed by atoms with van der Waals surface area (Å²) in [5, 5.41) is 13.6. The minimum Gasteiger partial charge on any atom is -0.326 e. The molecule has 136 valence electrons. The predicted octanol–water partition coefficient (Wildman–Crippen LogP) is 6.44. The second-order valence-electron chi connectivity index (χ2n) is 6.49. The quantitative estimate of drug-likeness (QED) is 0.407. The van der Waals surface area contributed by atoms with E-state index in [4.69, 9.17) is 0 Å². The summed E-state index contributed by atoms with van der Waals surface area (Å²) in [6.07, 6.45) is 0.334. The number of carbonyl (C=O) groups is 1. The number of nitrogens with one attached hydrogen (secondary N) is 1. The molecule has 0 unspecified atom stereocenters. The Kier molecular flexibility index (Phi) is 5.20. The Hall–Kier alpha value is -3.79. The minimum absolute atomic E-state index is 0.0473. The molecule has 0 saturated heterocycles. The first-order valence-corrected chi connectivity index (χ1v) is 9.11. The smallest absolute Gasteiger partial charge is 0.228 e. The molecule has 28 heavy (non-hydrogen) atoms. The van der Waals surface area contributed by atoms with E-state index in [0.717, 1.165) is 28.0 Å². The molecule has 4 nitrogen and oxygen atoms in total. The van der Waals surface area contributed by atoms with Gasteiger partial charge in [-0.25, -0.2) is 0 Å². The van der Waals surface area contributed by atoms with Gasteiger partial charge < -0.3 is 5.32 Å². The molecule has 1 N–H and O–H groups in total. The third kappa shape index (κ3) is 4.48. The average Bonchev–Trinajstić information content (AvgIpc) is 2.74. The third-order valence-corrected chi connectivity index (χ3v) is 4.37. The van der Waals surface area contributed by atoms with Crippen LogP contribution in [0.25, 0.3) is 10.8 Å². The zero-order chi connectivity index (χ0) is 19.2. The molecule has 4 heteroatoms. The van der Waals surface area contributed by atoms with Crippen molar-refractivity contribution in [2.75, 3.05) is 5.32 Å². The lowest BCUT2D eigenvalue weighted by atomic mass is 10.0. The zero-order valence-corrected chi connectivity index (χ0v) is 15.2. The highest BCUT2D eigenvalue weighted by atomic mass is 16.1. The van der Waals surface area contributed by atoms with Gasteiger partial charge in [0.05, 0.1) is 17.8 Å². The number of nitrogens with zero attached hydrogens (tertiary/aromatic N) is 2. The van der Waals surface area contributed by atoms with Crippen molar-refractivity contribution in [3.05, 3.63) is 103 Å². The van der Waals surface area contributed by atoms with Gasteiger partial charge in [0.15, 0.2) is 0 Å². The molecule has 0 fully saturated rings. The van der Waals surface area contributed by atoms with Gasteiger partial charge in [0.2, 0.25) is 5.91 Å². The summed E-state index contributed by atoms with van der Waals surface area (Å²) in [4.78, 5) is 12.4. The fourth-order valence-electron chi connectivity index (χ4n) is 2.96. The Morgan fingerprint density at radius 3 is 2.07 bits per heavy atom. The number of hydrogen-bond donors (Lipinski definition) is 1. The first kappa shape index (κ1) is 17.6. The van der Waals surface area contributed by atoms with Crippen molar-refractivity contribution in [1.82, 2.24) is 0 Å². The Balaban J connectivity index is 1.38. The van der Waals surface area contributed by atoms with Gasteiger partial charge in [-0.2, -0.15) is 10.2 Å². The van der Waals surface area contributed by atoms with E-state index in [-0.39, 0.29) is 5.91 Å². The lowest BCUT2D eigenvalue weighted by molar-refractivity contribution is -0.115. The molecule has 0 heterocycles. The lowest BCUT2D eigenvalue weighted by Gasteiger charge is -2.06. The number of azo groups is 1. The summed E-state index contributed by atoms with van der Waals surface area (Å²) in [5.74, 6) is -0.0473. The second-order valence-corrected chi connectivity index (χ2v) is 6.49. The Labute approximate surface area is 163 Å². The molecule has 4 aromatic carbocycles. The normalized spacial score (nSPS) is 11.0. The molecule has 0 aliphatic carbocycles. The summed E-state index contributed by atoms with van der Waals surface area (Å²) in [5.41, 5.74) is 3.26. The van der Waals surface area contributed by atoms with E-state index in [1.54, 1.807) is 0 Å². The summed E-state index contributed by atoms with van der Waals surface area (Å²) in [6.45, 7) is 0. The van der Waals surface area contributed by atoms with Gasteiger partial charge in [-0.3, -0.25) is 4.79 Å². The SMILES string of the molecule is O=C(Cc1ccc2ccccc2c1)Nc1ccc(N=Nc2ccccc2)cc1. The number of rotatable bonds is 5. The number of carbonyl (C=O) groups excluding carboxylic acids is 1. The van der Waals surface area contributed by atoms with Crippen molar-refractivity contribution >= 4 is 33.7 Å². The molecule has 0 saturated carbocycles. The van der Waals surface area contributed by atoms with Crippen molar-refractivity contribution in [2.45, 2.75) is 6.42 Å². The molecule has 0 radical (unpaired) electrons. The van der Waals surface area contributed by atoms with Crippen LogP contribution in [-0.2, 0) is 11.2 Å². The molecule has 0 aromatic heterocycles. The van der Waals surface area contributed by atoms with Crippen molar-refractivity contribution in [3.63, 3.8) is 0 Å². The van der Waals surface area contributed by atoms with Crippen molar-refractivity contribution in [2.24, 2.45) is 10.2 Å². The van der Waals surface area contributed by atoms with Crippen LogP contribution in [0.15, 0.2) is 107 Å². The minimum atomic E-state index is -0.0473. The average molecular weight is 365 g/mol. The van der Waals surface area contributed by atoms with Gasteiger partial charge in [-0.05, 0) is 52.7 Å². The molecular formula is C24H19N3O. The molecular weight excluding hydrogens is 346 g/mol. The highest BCUT2D eigenvalue weighted by Crippen LogP contribution is 2.21. The number of fused-ring (bicyclic) bond motifs is 1. The van der Waals surface area contributed by atoms with Gasteiger partial charge in [0, 0.05) is 5.69 Å². The topological polar surface area (TPSA) is 53.8 Å². The Morgan fingerprint density at radius 1 is 0.679 bits per heavy atom. The summed E-state index contributed by atoms with van der Waals surface area (Å²) >= 11 is 0. The number of hydrogen-bond acceptors (Lipinski definition) is 3. The van der Waals surface area contributed by atoms with Crippen LogP contribution >= 0.6 is 0 Å². The van der Waals surface area contributed by atoms with E-state index in [0.29, 0.717) is 6.42 Å². The van der Waals surface area contributed by atoms with E-state index in [1.807, 2.05) is 78.9 Å². The lowest BCUT2D eigenvalue weighted by Crippen LogP contribution is -2.14. The number of benzene rings is 4. The molecule has 1 amide bonds. The predicted molar refractivity (Wildman–Crippen MR) is 113 cm³/mol. The first-order chi connectivity index (χ1) is 13.8. The summed E-state index contributed by atoms with van der Waals surface area (Å²) < 4.78 is 0. The fraction of sp³-hybridized carbons (Fsp3) is 0.0417. The van der Waals surface area contributed by atoms with Crippen LogP contribution < -0.4 is 5.32 Å². The van der Waals surface area contributed by atoms with Crippen LogP contribution in [0.2, 0.25) is 0 Å². The van der Waals surface area contributed by atoms with Crippen molar-refractivity contribution in [1.29, 1.82) is 0 Å². The molecule has 4 rings (SSSR count). The molecule has 0 aliphatic heterocycles. The van der Waals surface area contributed by atoms with E-state index in [9.17, 15) is 4.79 Å². The van der Waals surface area contributed by atoms with Crippen molar-refractivity contribution in [3.8, 4) is 0 Å². The van der Waals surface area contributed by atoms with Crippen LogP contribution in [0, 0.1) is 0 Å². The molecule has 0 spiro atoms. The standard InChI is InChI=1S/C24H19N3O/c28-24(17-18-10-11-19-6-4-5-7-20(19)16-18)25-21-12-14-23(15-13-21)27-26-22-8-2-1-3-9-22/h1-16H,17H2,(H,25,28). The highest BCUT2D eigenvalue weighted by Gasteiger charge is 2.05.